The number of carbonyl (C=O) groups excluding carboxylic acids is 1. The van der Waals surface area contributed by atoms with Crippen LogP contribution in [0.2, 0.25) is 10.0 Å². The lowest BCUT2D eigenvalue weighted by molar-refractivity contribution is -0.386. The van der Waals surface area contributed by atoms with E-state index in [1.807, 2.05) is 30.3 Å². The Hall–Kier alpha value is -3.35. The molecule has 152 valence electrons. The number of ether oxygens (including phenoxy) is 1. The van der Waals surface area contributed by atoms with Gasteiger partial charge in [-0.1, -0.05) is 59.6 Å². The van der Waals surface area contributed by atoms with E-state index in [1.165, 1.54) is 30.4 Å². The minimum absolute atomic E-state index is 0.151. The van der Waals surface area contributed by atoms with Gasteiger partial charge < -0.3 is 10.1 Å². The van der Waals surface area contributed by atoms with Crippen molar-refractivity contribution in [2.75, 3.05) is 5.32 Å². The topological polar surface area (TPSA) is 81.5 Å². The Morgan fingerprint density at radius 2 is 1.83 bits per heavy atom. The monoisotopic (exact) mass is 442 g/mol. The van der Waals surface area contributed by atoms with Crippen LogP contribution in [-0.4, -0.2) is 10.8 Å². The number of benzene rings is 3. The van der Waals surface area contributed by atoms with Gasteiger partial charge in [-0.25, -0.2) is 0 Å². The highest BCUT2D eigenvalue weighted by atomic mass is 35.5. The fraction of sp³-hybridized carbons (Fsp3) is 0.0455. The minimum Gasteiger partial charge on any atom is -0.482 e. The number of anilines is 1. The maximum atomic E-state index is 12.1. The van der Waals surface area contributed by atoms with E-state index in [2.05, 4.69) is 5.32 Å². The van der Waals surface area contributed by atoms with Crippen molar-refractivity contribution < 1.29 is 14.5 Å². The summed E-state index contributed by atoms with van der Waals surface area (Å²) in [6.07, 6.45) is 2.72. The van der Waals surface area contributed by atoms with Crippen molar-refractivity contribution in [3.63, 3.8) is 0 Å². The van der Waals surface area contributed by atoms with Gasteiger partial charge in [0, 0.05) is 17.2 Å². The van der Waals surface area contributed by atoms with Gasteiger partial charge in [-0.2, -0.15) is 0 Å². The Bertz CT molecular complexity index is 1100. The Labute approximate surface area is 182 Å². The van der Waals surface area contributed by atoms with Gasteiger partial charge in [-0.15, -0.1) is 0 Å². The molecule has 1 amide bonds. The highest BCUT2D eigenvalue weighted by molar-refractivity contribution is 6.36. The number of halogens is 2. The van der Waals surface area contributed by atoms with Crippen molar-refractivity contribution in [3.8, 4) is 5.75 Å². The maximum absolute atomic E-state index is 12.1. The molecule has 0 aliphatic heterocycles. The van der Waals surface area contributed by atoms with E-state index in [0.717, 1.165) is 5.56 Å². The van der Waals surface area contributed by atoms with Gasteiger partial charge in [-0.05, 0) is 41.5 Å². The summed E-state index contributed by atoms with van der Waals surface area (Å²) in [4.78, 5) is 23.0. The standard InChI is InChI=1S/C22H16Cl2N2O4/c23-17-8-9-19(18(24)13-17)25-22(27)11-7-15-6-10-21(20(12-15)26(28)29)30-14-16-4-2-1-3-5-16/h1-13H,14H2,(H,25,27)/b11-7+. The number of rotatable bonds is 7. The molecule has 0 bridgehead atoms. The number of nitro benzene ring substituents is 1. The van der Waals surface area contributed by atoms with Crippen LogP contribution in [0.1, 0.15) is 11.1 Å². The quantitative estimate of drug-likeness (QED) is 0.271. The SMILES string of the molecule is O=C(/C=C/c1ccc(OCc2ccccc2)c([N+](=O)[O-])c1)Nc1ccc(Cl)cc1Cl. The summed E-state index contributed by atoms with van der Waals surface area (Å²) in [7, 11) is 0. The molecule has 3 rings (SSSR count). The molecule has 30 heavy (non-hydrogen) atoms. The van der Waals surface area contributed by atoms with Crippen LogP contribution in [0.15, 0.2) is 72.8 Å². The highest BCUT2D eigenvalue weighted by Gasteiger charge is 2.15. The van der Waals surface area contributed by atoms with Crippen LogP contribution < -0.4 is 10.1 Å². The second kappa shape index (κ2) is 9.91. The molecule has 0 aliphatic rings. The molecule has 3 aromatic rings. The van der Waals surface area contributed by atoms with E-state index < -0.39 is 10.8 Å². The highest BCUT2D eigenvalue weighted by Crippen LogP contribution is 2.29. The third kappa shape index (κ3) is 5.83. The van der Waals surface area contributed by atoms with Crippen molar-refractivity contribution in [1.82, 2.24) is 0 Å². The Kier molecular flexibility index (Phi) is 7.06. The summed E-state index contributed by atoms with van der Waals surface area (Å²) in [6, 6.07) is 18.5. The molecule has 0 saturated heterocycles. The van der Waals surface area contributed by atoms with Crippen LogP contribution in [0, 0.1) is 10.1 Å². The van der Waals surface area contributed by atoms with Gasteiger partial charge in [0.15, 0.2) is 5.75 Å². The van der Waals surface area contributed by atoms with Crippen molar-refractivity contribution in [1.29, 1.82) is 0 Å². The molecule has 3 aromatic carbocycles. The van der Waals surface area contributed by atoms with Crippen LogP contribution >= 0.6 is 23.2 Å². The number of hydrogen-bond donors (Lipinski definition) is 1. The molecule has 8 heteroatoms. The molecule has 0 unspecified atom stereocenters. The fourth-order valence-electron chi connectivity index (χ4n) is 2.58. The second-order valence-corrected chi connectivity index (χ2v) is 7.05. The molecule has 6 nitrogen and oxygen atoms in total. The molecule has 0 spiro atoms. The molecule has 1 N–H and O–H groups in total. The van der Waals surface area contributed by atoms with Crippen LogP contribution in [0.3, 0.4) is 0 Å². The molecule has 0 heterocycles. The van der Waals surface area contributed by atoms with Gasteiger partial charge in [0.25, 0.3) is 0 Å². The van der Waals surface area contributed by atoms with E-state index in [0.29, 0.717) is 21.3 Å². The minimum atomic E-state index is -0.523. The van der Waals surface area contributed by atoms with Gasteiger partial charge in [0.05, 0.1) is 15.6 Å². The van der Waals surface area contributed by atoms with Crippen LogP contribution in [-0.2, 0) is 11.4 Å². The smallest absolute Gasteiger partial charge is 0.311 e. The van der Waals surface area contributed by atoms with Gasteiger partial charge >= 0.3 is 5.69 Å². The number of carbonyl (C=O) groups is 1. The number of amides is 1. The zero-order valence-electron chi connectivity index (χ0n) is 15.5. The Morgan fingerprint density at radius 3 is 2.53 bits per heavy atom. The lowest BCUT2D eigenvalue weighted by atomic mass is 10.1. The van der Waals surface area contributed by atoms with E-state index in [9.17, 15) is 14.9 Å². The molecule has 0 saturated carbocycles. The number of nitrogens with zero attached hydrogens (tertiary/aromatic N) is 1. The molecular formula is C22H16Cl2N2O4. The zero-order valence-corrected chi connectivity index (χ0v) is 17.1. The largest absolute Gasteiger partial charge is 0.482 e. The summed E-state index contributed by atoms with van der Waals surface area (Å²) in [5.74, 6) is -0.287. The second-order valence-electron chi connectivity index (χ2n) is 6.21. The zero-order chi connectivity index (χ0) is 21.5. The summed E-state index contributed by atoms with van der Waals surface area (Å²) in [6.45, 7) is 0.209. The normalized spacial score (nSPS) is 10.7. The van der Waals surface area contributed by atoms with Gasteiger partial charge in [-0.3, -0.25) is 14.9 Å². The first-order valence-corrected chi connectivity index (χ1v) is 9.57. The summed E-state index contributed by atoms with van der Waals surface area (Å²) >= 11 is 11.9. The molecule has 0 atom stereocenters. The first kappa shape index (κ1) is 21.4. The molecule has 0 radical (unpaired) electrons. The van der Waals surface area contributed by atoms with Crippen molar-refractivity contribution >= 4 is 46.6 Å². The van der Waals surface area contributed by atoms with Crippen LogP contribution in [0.4, 0.5) is 11.4 Å². The van der Waals surface area contributed by atoms with Crippen molar-refractivity contribution in [2.45, 2.75) is 6.61 Å². The Balaban J connectivity index is 1.70. The van der Waals surface area contributed by atoms with Gasteiger partial charge in [0.2, 0.25) is 5.91 Å². The van der Waals surface area contributed by atoms with Crippen molar-refractivity contribution in [2.24, 2.45) is 0 Å². The first-order valence-electron chi connectivity index (χ1n) is 8.81. The van der Waals surface area contributed by atoms with Crippen molar-refractivity contribution in [3.05, 3.63) is 104 Å². The van der Waals surface area contributed by atoms with E-state index in [4.69, 9.17) is 27.9 Å². The summed E-state index contributed by atoms with van der Waals surface area (Å²) < 4.78 is 5.60. The molecule has 0 aliphatic carbocycles. The predicted molar refractivity (Wildman–Crippen MR) is 118 cm³/mol. The molecule has 0 fully saturated rings. The predicted octanol–water partition coefficient (Wildman–Crippen LogP) is 6.13. The molecule has 0 aromatic heterocycles. The van der Waals surface area contributed by atoms with Gasteiger partial charge in [0.1, 0.15) is 6.61 Å². The lowest BCUT2D eigenvalue weighted by Crippen LogP contribution is -2.08. The van der Waals surface area contributed by atoms with E-state index >= 15 is 0 Å². The lowest BCUT2D eigenvalue weighted by Gasteiger charge is -2.07. The number of nitro groups is 1. The van der Waals surface area contributed by atoms with Crippen LogP contribution in [0.5, 0.6) is 5.75 Å². The molecular weight excluding hydrogens is 427 g/mol. The third-order valence-corrected chi connectivity index (χ3v) is 4.58. The summed E-state index contributed by atoms with van der Waals surface area (Å²) in [5.41, 5.74) is 1.60. The Morgan fingerprint density at radius 1 is 1.07 bits per heavy atom. The summed E-state index contributed by atoms with van der Waals surface area (Å²) in [5, 5.41) is 14.8. The average Bonchev–Trinajstić information content (AvgIpc) is 2.73. The van der Waals surface area contributed by atoms with E-state index in [1.54, 1.807) is 18.2 Å². The maximum Gasteiger partial charge on any atom is 0.311 e. The van der Waals surface area contributed by atoms with E-state index in [-0.39, 0.29) is 18.0 Å². The van der Waals surface area contributed by atoms with Crippen LogP contribution in [0.25, 0.3) is 6.08 Å². The number of hydrogen-bond acceptors (Lipinski definition) is 4. The first-order chi connectivity index (χ1) is 14.4. The average molecular weight is 443 g/mol. The number of nitrogens with one attached hydrogen (secondary N) is 1. The fourth-order valence-corrected chi connectivity index (χ4v) is 3.03. The third-order valence-electron chi connectivity index (χ3n) is 4.03.